The first-order valence-electron chi connectivity index (χ1n) is 38.3. The van der Waals surface area contributed by atoms with E-state index in [9.17, 15) is 68.3 Å². The standard InChI is InChI=1S/C72H120N20O21S3/c1-45(90-108)71(3,4)82-26-21-47(22-27-83-72(5,6)46(2)91-109)20-25-77-57(94)18-12-19-60(97)92-55(17-10-11-23-73)69(107)89-54-43-116-115-42-53(88-66(104)51(37-62(99)100)84-58(95)38-81-63(101)49(85-67(54)105)16-13-24-80-70(75)76)68(106)86-50(36-48-14-8-7-9-15-48)65(103)87-52(41-114-44-61(92)98)64(102)79-29-31-111-33-35-112-34-32-110-30-28-78-59(96)40-113-39-56(74)93/h7-9,14-15,47,49-55,82-83,108-109H,10-13,16-44,73H2,1-6H3,(H2,74,93)(H,77,94)(H,78,96)(H,79,102)(H,81,101)(H,84,95)(H,85,105)(H,86,106)(H,87,103)(H,88,104)(H,89,107)(H,99,100)(H4,75,76,80)/t47?,49-,50-,51-,52-,53-,54-,55-/m0/s1. The first kappa shape index (κ1) is 101. The average molecular weight is 1700 g/mol. The number of nitrogens with one attached hydrogen (secondary N) is 12. The van der Waals surface area contributed by atoms with Crippen LogP contribution in [-0.2, 0) is 92.5 Å². The maximum atomic E-state index is 15.3. The number of carbonyl (C=O) groups is 14. The van der Waals surface area contributed by atoms with Gasteiger partial charge in [-0.3, -0.25) is 77.0 Å². The fraction of sp³-hybridized carbons (Fsp3) is 0.681. The van der Waals surface area contributed by atoms with Crippen molar-refractivity contribution in [1.82, 2.24) is 68.7 Å². The molecule has 1 aromatic carbocycles. The molecule has 2 aliphatic rings. The van der Waals surface area contributed by atoms with E-state index in [1.807, 2.05) is 27.7 Å². The molecule has 3 rings (SSSR count). The fourth-order valence-electron chi connectivity index (χ4n) is 11.2. The number of primary amides is 1. The molecule has 652 valence electrons. The summed E-state index contributed by atoms with van der Waals surface area (Å²) in [7, 11) is 1.72. The van der Waals surface area contributed by atoms with Crippen LogP contribution in [0.2, 0.25) is 0 Å². The number of carboxylic acid groups (broad SMARTS) is 1. The van der Waals surface area contributed by atoms with Gasteiger partial charge in [0.2, 0.25) is 76.8 Å². The van der Waals surface area contributed by atoms with Gasteiger partial charge in [-0.05, 0) is 130 Å². The number of unbranched alkanes of at least 4 members (excludes halogenated alkanes) is 1. The van der Waals surface area contributed by atoms with Crippen molar-refractivity contribution in [2.24, 2.45) is 44.2 Å². The molecule has 2 bridgehead atoms. The quantitative estimate of drug-likeness (QED) is 0.00740. The lowest BCUT2D eigenvalue weighted by Crippen LogP contribution is -2.60. The number of carbonyl (C=O) groups excluding carboxylic acids is 13. The molecule has 0 radical (unpaired) electrons. The number of amides is 13. The lowest BCUT2D eigenvalue weighted by atomic mass is 9.94. The van der Waals surface area contributed by atoms with Crippen LogP contribution in [0.3, 0.4) is 0 Å². The number of oxime groups is 2. The Hall–Kier alpha value is -9.02. The zero-order valence-electron chi connectivity index (χ0n) is 66.9. The summed E-state index contributed by atoms with van der Waals surface area (Å²) in [6, 6.07) is -3.19. The SMILES string of the molecule is CC(=NO)C(C)(C)NCCC(CCNC(=O)CCCC(=O)N1C(=O)CSC[C@@H](C(=O)NCCOCCOCCOCCNC(=O)COCC(N)=O)NC(=O)[C@H](Cc2ccccc2)NC(=O)[C@@H]2CSSC[C@H](NC(=O)[C@@H]1CCCCN)C(=O)N[C@@H](CCCN=C(N)N)C(=O)NCC(=O)N[C@@H](CC(=O)O)C(=O)N2)CCNC(C)(C)C(C)=NO. The summed E-state index contributed by atoms with van der Waals surface area (Å²) in [6.45, 7) is 11.1. The van der Waals surface area contributed by atoms with E-state index in [4.69, 9.17) is 41.9 Å². The van der Waals surface area contributed by atoms with Gasteiger partial charge >= 0.3 is 5.97 Å². The highest BCUT2D eigenvalue weighted by Gasteiger charge is 2.39. The molecule has 0 aromatic heterocycles. The number of carboxylic acids is 1. The molecule has 0 saturated carbocycles. The van der Waals surface area contributed by atoms with E-state index in [-0.39, 0.29) is 142 Å². The predicted octanol–water partition coefficient (Wildman–Crippen LogP) is -3.93. The molecule has 7 atom stereocenters. The molecule has 0 unspecified atom stereocenters. The first-order valence-corrected chi connectivity index (χ1v) is 41.9. The van der Waals surface area contributed by atoms with Crippen LogP contribution >= 0.6 is 33.3 Å². The number of imide groups is 1. The van der Waals surface area contributed by atoms with E-state index >= 15 is 14.4 Å². The predicted molar refractivity (Wildman–Crippen MR) is 434 cm³/mol. The van der Waals surface area contributed by atoms with Gasteiger partial charge in [-0.15, -0.1) is 11.8 Å². The highest BCUT2D eigenvalue weighted by atomic mass is 33.1. The molecule has 0 aliphatic carbocycles. The molecular weight excluding hydrogens is 1580 g/mol. The first-order chi connectivity index (χ1) is 55.2. The van der Waals surface area contributed by atoms with Crippen molar-refractivity contribution in [3.8, 4) is 0 Å². The summed E-state index contributed by atoms with van der Waals surface area (Å²) in [5.41, 5.74) is 22.3. The summed E-state index contributed by atoms with van der Waals surface area (Å²) < 4.78 is 21.6. The molecule has 23 N–H and O–H groups in total. The third kappa shape index (κ3) is 41.7. The molecule has 2 fully saturated rings. The molecule has 2 saturated heterocycles. The van der Waals surface area contributed by atoms with Gasteiger partial charge in [-0.2, -0.15) is 0 Å². The number of aliphatic imine (C=N–C) groups is 1. The monoisotopic (exact) mass is 1700 g/mol. The Balaban J connectivity index is 2.14. The van der Waals surface area contributed by atoms with Gasteiger partial charge in [0.15, 0.2) is 5.96 Å². The van der Waals surface area contributed by atoms with Gasteiger partial charge in [0.1, 0.15) is 55.5 Å². The lowest BCUT2D eigenvalue weighted by Gasteiger charge is -2.31. The number of fused-ring (bicyclic) bond motifs is 5. The fourth-order valence-corrected chi connectivity index (χ4v) is 14.4. The van der Waals surface area contributed by atoms with Gasteiger partial charge in [-0.1, -0.05) is 62.2 Å². The van der Waals surface area contributed by atoms with Crippen molar-refractivity contribution in [1.29, 1.82) is 0 Å². The minimum atomic E-state index is -1.87. The van der Waals surface area contributed by atoms with Crippen LogP contribution in [0.5, 0.6) is 0 Å². The second-order valence-electron chi connectivity index (χ2n) is 28.3. The van der Waals surface area contributed by atoms with Crippen LogP contribution in [0.25, 0.3) is 0 Å². The summed E-state index contributed by atoms with van der Waals surface area (Å²) >= 11 is 0.772. The van der Waals surface area contributed by atoms with Crippen molar-refractivity contribution in [3.63, 3.8) is 0 Å². The Labute approximate surface area is 687 Å². The van der Waals surface area contributed by atoms with Crippen LogP contribution in [0, 0.1) is 5.92 Å². The van der Waals surface area contributed by atoms with E-state index in [0.29, 0.717) is 49.3 Å². The van der Waals surface area contributed by atoms with Crippen LogP contribution in [-0.4, -0.2) is 302 Å². The minimum absolute atomic E-state index is 0.0311. The molecule has 116 heavy (non-hydrogen) atoms. The lowest BCUT2D eigenvalue weighted by molar-refractivity contribution is -0.151. The van der Waals surface area contributed by atoms with Crippen molar-refractivity contribution < 1.29 is 102 Å². The maximum absolute atomic E-state index is 15.3. The molecular formula is C72H120N20O21S3. The largest absolute Gasteiger partial charge is 0.481 e. The van der Waals surface area contributed by atoms with Gasteiger partial charge in [0, 0.05) is 62.7 Å². The number of guanidine groups is 1. The van der Waals surface area contributed by atoms with E-state index in [1.54, 1.807) is 44.2 Å². The van der Waals surface area contributed by atoms with E-state index in [0.717, 1.165) is 38.2 Å². The van der Waals surface area contributed by atoms with E-state index in [1.165, 1.54) is 0 Å². The highest BCUT2D eigenvalue weighted by molar-refractivity contribution is 8.76. The van der Waals surface area contributed by atoms with Crippen molar-refractivity contribution in [2.45, 2.75) is 178 Å². The minimum Gasteiger partial charge on any atom is -0.481 e. The number of rotatable bonds is 46. The Bertz CT molecular complexity index is 3400. The van der Waals surface area contributed by atoms with E-state index < -0.39 is 185 Å². The number of nitrogens with two attached hydrogens (primary N) is 4. The normalized spacial score (nSPS) is 20.0. The third-order valence-corrected chi connectivity index (χ3v) is 21.8. The molecule has 44 heteroatoms. The molecule has 1 aromatic rings. The number of hydrogen-bond acceptors (Lipinski definition) is 29. The molecule has 0 spiro atoms. The molecule has 2 aliphatic heterocycles. The van der Waals surface area contributed by atoms with Crippen LogP contribution < -0.4 is 86.7 Å². The van der Waals surface area contributed by atoms with Gasteiger partial charge < -0.3 is 121 Å². The Morgan fingerprint density at radius 2 is 1.16 bits per heavy atom. The molecule has 13 amide bonds. The summed E-state index contributed by atoms with van der Waals surface area (Å²) in [6.07, 6.45) is -0.273. The second-order valence-corrected chi connectivity index (χ2v) is 31.9. The number of benzene rings is 1. The van der Waals surface area contributed by atoms with Crippen LogP contribution in [0.4, 0.5) is 0 Å². The smallest absolute Gasteiger partial charge is 0.305 e. The van der Waals surface area contributed by atoms with Gasteiger partial charge in [0.05, 0.1) is 80.9 Å². The molecule has 41 nitrogen and oxygen atoms in total. The summed E-state index contributed by atoms with van der Waals surface area (Å²) in [5.74, 6) is -15.3. The highest BCUT2D eigenvalue weighted by Crippen LogP contribution is 2.25. The number of thioether (sulfide) groups is 1. The van der Waals surface area contributed by atoms with Crippen molar-refractivity contribution in [2.75, 3.05) is 128 Å². The van der Waals surface area contributed by atoms with Gasteiger partial charge in [-0.25, -0.2) is 0 Å². The summed E-state index contributed by atoms with van der Waals surface area (Å²) in [4.78, 5) is 200. The zero-order chi connectivity index (χ0) is 86.0. The Kier molecular flexibility index (Phi) is 49.1. The van der Waals surface area contributed by atoms with Crippen LogP contribution in [0.1, 0.15) is 124 Å². The Morgan fingerprint density at radius 3 is 1.73 bits per heavy atom. The van der Waals surface area contributed by atoms with Crippen molar-refractivity contribution >= 4 is 133 Å². The number of nitrogens with zero attached hydrogens (tertiary/aromatic N) is 4. The maximum Gasteiger partial charge on any atom is 0.305 e. The average Bonchev–Trinajstić information content (AvgIpc) is 0.892. The Morgan fingerprint density at radius 1 is 0.595 bits per heavy atom. The number of hydrogen-bond donors (Lipinski definition) is 19. The van der Waals surface area contributed by atoms with E-state index in [2.05, 4.69) is 79.1 Å². The van der Waals surface area contributed by atoms with Gasteiger partial charge in [0.25, 0.3) is 0 Å². The number of ether oxygens (including phenoxy) is 4. The number of aliphatic carboxylic acids is 1. The van der Waals surface area contributed by atoms with Crippen molar-refractivity contribution in [3.05, 3.63) is 35.9 Å². The third-order valence-electron chi connectivity index (χ3n) is 18.3. The second kappa shape index (κ2) is 56.3. The summed E-state index contributed by atoms with van der Waals surface area (Å²) in [5, 5.41) is 68.4. The van der Waals surface area contributed by atoms with Crippen LogP contribution in [0.15, 0.2) is 45.6 Å². The zero-order valence-corrected chi connectivity index (χ0v) is 69.3. The topological polar surface area (TPSA) is 625 Å². The molecule has 2 heterocycles.